The molecule has 0 aliphatic carbocycles. The molecule has 1 atom stereocenters. The second-order valence-corrected chi connectivity index (χ2v) is 7.10. The van der Waals surface area contributed by atoms with Crippen LogP contribution in [0.25, 0.3) is 16.6 Å². The van der Waals surface area contributed by atoms with E-state index in [0.29, 0.717) is 5.56 Å². The number of rotatable bonds is 2. The first-order valence-corrected chi connectivity index (χ1v) is 9.07. The van der Waals surface area contributed by atoms with Crippen molar-refractivity contribution >= 4 is 28.7 Å². The topological polar surface area (TPSA) is 92.7 Å². The van der Waals surface area contributed by atoms with Crippen molar-refractivity contribution in [3.8, 4) is 16.9 Å². The smallest absolute Gasteiger partial charge is 0.251 e. The zero-order valence-corrected chi connectivity index (χ0v) is 15.3. The molecule has 4 aromatic rings. The van der Waals surface area contributed by atoms with Gasteiger partial charge < -0.3 is 16.2 Å². The highest BCUT2D eigenvalue weighted by atomic mass is 35.5. The molecule has 1 amide bonds. The van der Waals surface area contributed by atoms with Gasteiger partial charge in [-0.1, -0.05) is 35.9 Å². The van der Waals surface area contributed by atoms with E-state index >= 15 is 0 Å². The number of nitrogens with zero attached hydrogens (tertiary/aromatic N) is 2. The molecule has 0 saturated heterocycles. The zero-order chi connectivity index (χ0) is 19.4. The van der Waals surface area contributed by atoms with Gasteiger partial charge in [-0.2, -0.15) is 5.10 Å². The minimum Gasteiger partial charge on any atom is -0.506 e. The Kier molecular flexibility index (Phi) is 3.57. The second kappa shape index (κ2) is 6.00. The monoisotopic (exact) mass is 390 g/mol. The van der Waals surface area contributed by atoms with Gasteiger partial charge in [-0.15, -0.1) is 0 Å². The van der Waals surface area contributed by atoms with E-state index in [2.05, 4.69) is 10.4 Å². The van der Waals surface area contributed by atoms with Crippen LogP contribution in [-0.4, -0.2) is 20.6 Å². The maximum atomic E-state index is 12.1. The third kappa shape index (κ3) is 2.35. The number of phenolic OH excluding ortho intramolecular Hbond substituents is 1. The van der Waals surface area contributed by atoms with E-state index < -0.39 is 5.91 Å². The first-order chi connectivity index (χ1) is 13.5. The Labute approximate surface area is 165 Å². The summed E-state index contributed by atoms with van der Waals surface area (Å²) in [5.41, 5.74) is 11.1. The second-order valence-electron chi connectivity index (χ2n) is 6.70. The Balaban J connectivity index is 1.88. The fraction of sp³-hybridized carbons (Fsp3) is 0.0476. The molecule has 0 spiro atoms. The molecule has 7 heteroatoms. The molecule has 0 fully saturated rings. The Morgan fingerprint density at radius 3 is 2.82 bits per heavy atom. The van der Waals surface area contributed by atoms with Crippen molar-refractivity contribution in [3.05, 3.63) is 82.6 Å². The van der Waals surface area contributed by atoms with Gasteiger partial charge in [0.1, 0.15) is 5.75 Å². The van der Waals surface area contributed by atoms with Crippen LogP contribution in [0.3, 0.4) is 0 Å². The molecule has 1 aliphatic rings. The van der Waals surface area contributed by atoms with Crippen LogP contribution in [0.5, 0.6) is 5.75 Å². The largest absolute Gasteiger partial charge is 0.506 e. The summed E-state index contributed by atoms with van der Waals surface area (Å²) in [4.78, 5) is 12.1. The Bertz CT molecular complexity index is 1260. The normalized spacial score (nSPS) is 15.0. The van der Waals surface area contributed by atoms with E-state index in [4.69, 9.17) is 17.3 Å². The molecule has 2 aromatic heterocycles. The number of fused-ring (bicyclic) bond motifs is 2. The lowest BCUT2D eigenvalue weighted by atomic mass is 9.96. The molecular weight excluding hydrogens is 376 g/mol. The Morgan fingerprint density at radius 1 is 1.21 bits per heavy atom. The number of amides is 1. The van der Waals surface area contributed by atoms with E-state index in [9.17, 15) is 9.90 Å². The highest BCUT2D eigenvalue weighted by Crippen LogP contribution is 2.44. The SMILES string of the molecule is NC(=O)c1cnn2ccc3c2c1-c1ccccc1NC3c1ccc(O)c(Cl)c1. The van der Waals surface area contributed by atoms with Crippen LogP contribution in [0.2, 0.25) is 5.02 Å². The number of aromatic nitrogens is 2. The lowest BCUT2D eigenvalue weighted by Gasteiger charge is -2.20. The third-order valence-electron chi connectivity index (χ3n) is 5.09. The van der Waals surface area contributed by atoms with Gasteiger partial charge >= 0.3 is 0 Å². The van der Waals surface area contributed by atoms with Gasteiger partial charge in [-0.25, -0.2) is 4.52 Å². The maximum Gasteiger partial charge on any atom is 0.251 e. The van der Waals surface area contributed by atoms with Crippen molar-refractivity contribution in [1.29, 1.82) is 0 Å². The van der Waals surface area contributed by atoms with Gasteiger partial charge in [-0.3, -0.25) is 4.79 Å². The molecule has 1 unspecified atom stereocenters. The molecule has 3 heterocycles. The van der Waals surface area contributed by atoms with Crippen molar-refractivity contribution < 1.29 is 9.90 Å². The van der Waals surface area contributed by atoms with E-state index in [0.717, 1.165) is 33.5 Å². The molecule has 4 N–H and O–H groups in total. The number of carbonyl (C=O) groups is 1. The van der Waals surface area contributed by atoms with Crippen LogP contribution in [0, 0.1) is 0 Å². The number of para-hydroxylation sites is 1. The molecule has 0 bridgehead atoms. The van der Waals surface area contributed by atoms with E-state index in [-0.39, 0.29) is 16.8 Å². The number of aromatic hydroxyl groups is 1. The van der Waals surface area contributed by atoms with E-state index in [1.54, 1.807) is 16.6 Å². The van der Waals surface area contributed by atoms with Crippen molar-refractivity contribution in [1.82, 2.24) is 9.61 Å². The number of hydrogen-bond donors (Lipinski definition) is 3. The molecule has 5 rings (SSSR count). The average molecular weight is 391 g/mol. The summed E-state index contributed by atoms with van der Waals surface area (Å²) in [5, 5.41) is 18.0. The molecular formula is C21H15ClN4O2. The van der Waals surface area contributed by atoms with Gasteiger partial charge in [-0.05, 0) is 29.8 Å². The number of anilines is 1. The first kappa shape index (κ1) is 16.6. The number of nitrogens with two attached hydrogens (primary N) is 1. The van der Waals surface area contributed by atoms with Crippen molar-refractivity contribution in [2.75, 3.05) is 5.32 Å². The summed E-state index contributed by atoms with van der Waals surface area (Å²) in [7, 11) is 0. The maximum absolute atomic E-state index is 12.1. The minimum absolute atomic E-state index is 0.0274. The predicted molar refractivity (Wildman–Crippen MR) is 108 cm³/mol. The van der Waals surface area contributed by atoms with Crippen LogP contribution in [-0.2, 0) is 0 Å². The van der Waals surface area contributed by atoms with Crippen LogP contribution in [0.15, 0.2) is 60.9 Å². The van der Waals surface area contributed by atoms with Gasteiger partial charge in [0.25, 0.3) is 5.91 Å². The number of benzene rings is 2. The highest BCUT2D eigenvalue weighted by molar-refractivity contribution is 6.32. The van der Waals surface area contributed by atoms with Crippen LogP contribution in [0.1, 0.15) is 27.5 Å². The molecule has 0 radical (unpaired) electrons. The van der Waals surface area contributed by atoms with E-state index in [1.165, 1.54) is 6.20 Å². The average Bonchev–Trinajstić information content (AvgIpc) is 3.05. The Hall–Kier alpha value is -3.51. The molecule has 138 valence electrons. The number of nitrogens with one attached hydrogen (secondary N) is 1. The molecule has 1 aliphatic heterocycles. The number of primary amides is 1. The van der Waals surface area contributed by atoms with Gasteiger partial charge in [0.15, 0.2) is 0 Å². The fourth-order valence-corrected chi connectivity index (χ4v) is 4.01. The summed E-state index contributed by atoms with van der Waals surface area (Å²) in [6.45, 7) is 0. The summed E-state index contributed by atoms with van der Waals surface area (Å²) in [6.07, 6.45) is 3.35. The minimum atomic E-state index is -0.530. The standard InChI is InChI=1S/C21H15ClN4O2/c22-15-9-11(5-6-17(15)27)19-13-7-8-26-20(13)18(14(10-24-26)21(23)28)12-3-1-2-4-16(12)25-19/h1-10,19,25,27H,(H2,23,28). The van der Waals surface area contributed by atoms with Gasteiger partial charge in [0.2, 0.25) is 0 Å². The van der Waals surface area contributed by atoms with Crippen molar-refractivity contribution in [3.63, 3.8) is 0 Å². The van der Waals surface area contributed by atoms with Crippen molar-refractivity contribution in [2.24, 2.45) is 5.73 Å². The lowest BCUT2D eigenvalue weighted by Crippen LogP contribution is -2.14. The first-order valence-electron chi connectivity index (χ1n) is 8.69. The number of hydrogen-bond acceptors (Lipinski definition) is 4. The summed E-state index contributed by atoms with van der Waals surface area (Å²) in [5.74, 6) is -0.502. The van der Waals surface area contributed by atoms with E-state index in [1.807, 2.05) is 42.6 Å². The summed E-state index contributed by atoms with van der Waals surface area (Å²) < 4.78 is 1.75. The molecule has 0 saturated carbocycles. The van der Waals surface area contributed by atoms with Gasteiger partial charge in [0, 0.05) is 28.6 Å². The van der Waals surface area contributed by atoms with Crippen LogP contribution >= 0.6 is 11.6 Å². The number of phenols is 1. The van der Waals surface area contributed by atoms with Crippen LogP contribution in [0.4, 0.5) is 5.69 Å². The van der Waals surface area contributed by atoms with Gasteiger partial charge in [0.05, 0.1) is 28.3 Å². The molecule has 28 heavy (non-hydrogen) atoms. The highest BCUT2D eigenvalue weighted by Gasteiger charge is 2.28. The molecule has 6 nitrogen and oxygen atoms in total. The number of halogens is 1. The third-order valence-corrected chi connectivity index (χ3v) is 5.40. The fourth-order valence-electron chi connectivity index (χ4n) is 3.82. The quantitative estimate of drug-likeness (QED) is 0.482. The number of carbonyl (C=O) groups excluding carboxylic acids is 1. The predicted octanol–water partition coefficient (Wildman–Crippen LogP) is 3.97. The van der Waals surface area contributed by atoms with Crippen LogP contribution < -0.4 is 11.1 Å². The summed E-state index contributed by atoms with van der Waals surface area (Å²) >= 11 is 6.16. The summed E-state index contributed by atoms with van der Waals surface area (Å²) in [6, 6.07) is 14.6. The van der Waals surface area contributed by atoms with Crippen molar-refractivity contribution in [2.45, 2.75) is 6.04 Å². The zero-order valence-electron chi connectivity index (χ0n) is 14.6. The lowest BCUT2D eigenvalue weighted by molar-refractivity contribution is 0.100. The molecule has 2 aromatic carbocycles. The Morgan fingerprint density at radius 2 is 2.04 bits per heavy atom.